The van der Waals surface area contributed by atoms with E-state index in [1.165, 1.54) is 0 Å². The van der Waals surface area contributed by atoms with Crippen LogP contribution < -0.4 is 5.73 Å². The van der Waals surface area contributed by atoms with E-state index >= 15 is 0 Å². The number of rotatable bonds is 3. The molecule has 1 amide bonds. The molecule has 0 aliphatic carbocycles. The first kappa shape index (κ1) is 11.9. The SMILES string of the molecule is CSC(C)(C)CN1CCCC(N)C1=O. The topological polar surface area (TPSA) is 46.3 Å². The van der Waals surface area contributed by atoms with Crippen LogP contribution in [0.2, 0.25) is 0 Å². The Morgan fingerprint density at radius 2 is 2.29 bits per heavy atom. The predicted molar refractivity (Wildman–Crippen MR) is 61.4 cm³/mol. The zero-order valence-electron chi connectivity index (χ0n) is 9.25. The predicted octanol–water partition coefficient (Wildman–Crippen LogP) is 1.08. The number of nitrogens with zero attached hydrogens (tertiary/aromatic N) is 1. The van der Waals surface area contributed by atoms with Crippen LogP contribution in [0.5, 0.6) is 0 Å². The van der Waals surface area contributed by atoms with Crippen molar-refractivity contribution in [3.8, 4) is 0 Å². The fourth-order valence-electron chi connectivity index (χ4n) is 1.65. The average molecular weight is 216 g/mol. The van der Waals surface area contributed by atoms with Crippen LogP contribution in [0.4, 0.5) is 0 Å². The quantitative estimate of drug-likeness (QED) is 0.768. The maximum Gasteiger partial charge on any atom is 0.239 e. The number of amides is 1. The van der Waals surface area contributed by atoms with Gasteiger partial charge in [0.15, 0.2) is 0 Å². The smallest absolute Gasteiger partial charge is 0.239 e. The van der Waals surface area contributed by atoms with Gasteiger partial charge in [0.05, 0.1) is 6.04 Å². The fourth-order valence-corrected chi connectivity index (χ4v) is 1.94. The van der Waals surface area contributed by atoms with Gasteiger partial charge in [0.25, 0.3) is 0 Å². The number of carbonyl (C=O) groups excluding carboxylic acids is 1. The molecular weight excluding hydrogens is 196 g/mol. The van der Waals surface area contributed by atoms with Crippen LogP contribution in [0.1, 0.15) is 26.7 Å². The molecule has 1 saturated heterocycles. The summed E-state index contributed by atoms with van der Waals surface area (Å²) in [4.78, 5) is 13.6. The van der Waals surface area contributed by atoms with Gasteiger partial charge in [-0.05, 0) is 32.9 Å². The van der Waals surface area contributed by atoms with Crippen molar-refractivity contribution in [3.05, 3.63) is 0 Å². The minimum absolute atomic E-state index is 0.123. The molecule has 4 heteroatoms. The maximum absolute atomic E-state index is 11.7. The van der Waals surface area contributed by atoms with Crippen LogP contribution >= 0.6 is 11.8 Å². The Morgan fingerprint density at radius 1 is 1.64 bits per heavy atom. The lowest BCUT2D eigenvalue weighted by atomic mass is 10.0. The third-order valence-corrected chi connectivity index (χ3v) is 3.93. The van der Waals surface area contributed by atoms with Crippen LogP contribution in [-0.4, -0.2) is 40.9 Å². The van der Waals surface area contributed by atoms with Gasteiger partial charge >= 0.3 is 0 Å². The molecule has 82 valence electrons. The molecule has 0 saturated carbocycles. The summed E-state index contributed by atoms with van der Waals surface area (Å²) in [5, 5.41) is 0. The monoisotopic (exact) mass is 216 g/mol. The van der Waals surface area contributed by atoms with E-state index in [2.05, 4.69) is 20.1 Å². The summed E-state index contributed by atoms with van der Waals surface area (Å²) < 4.78 is 0.132. The minimum Gasteiger partial charge on any atom is -0.340 e. The second kappa shape index (κ2) is 4.53. The summed E-state index contributed by atoms with van der Waals surface area (Å²) in [6.45, 7) is 5.99. The van der Waals surface area contributed by atoms with Crippen molar-refractivity contribution in [2.24, 2.45) is 5.73 Å². The molecule has 0 aromatic carbocycles. The number of thioether (sulfide) groups is 1. The molecular formula is C10H20N2OS. The van der Waals surface area contributed by atoms with Gasteiger partial charge in [-0.2, -0.15) is 11.8 Å². The lowest BCUT2D eigenvalue weighted by molar-refractivity contribution is -0.135. The summed E-state index contributed by atoms with van der Waals surface area (Å²) in [5.74, 6) is 0.123. The third-order valence-electron chi connectivity index (χ3n) is 2.70. The second-order valence-corrected chi connectivity index (χ2v) is 5.99. The molecule has 14 heavy (non-hydrogen) atoms. The van der Waals surface area contributed by atoms with Crippen LogP contribution in [0, 0.1) is 0 Å². The number of nitrogens with two attached hydrogens (primary N) is 1. The zero-order valence-corrected chi connectivity index (χ0v) is 10.1. The van der Waals surface area contributed by atoms with E-state index in [1.54, 1.807) is 11.8 Å². The largest absolute Gasteiger partial charge is 0.340 e. The first-order valence-electron chi connectivity index (χ1n) is 5.06. The fraction of sp³-hybridized carbons (Fsp3) is 0.900. The van der Waals surface area contributed by atoms with Crippen molar-refractivity contribution < 1.29 is 4.79 Å². The van der Waals surface area contributed by atoms with Gasteiger partial charge in [0.2, 0.25) is 5.91 Å². The summed E-state index contributed by atoms with van der Waals surface area (Å²) in [6.07, 6.45) is 3.96. The molecule has 0 aromatic heterocycles. The average Bonchev–Trinajstić information content (AvgIpc) is 2.13. The molecule has 1 unspecified atom stereocenters. The molecule has 1 atom stereocenters. The Labute approximate surface area is 90.4 Å². The van der Waals surface area contributed by atoms with E-state index in [0.29, 0.717) is 0 Å². The Kier molecular flexibility index (Phi) is 3.84. The third kappa shape index (κ3) is 2.89. The molecule has 1 aliphatic rings. The van der Waals surface area contributed by atoms with Crippen LogP contribution in [0.15, 0.2) is 0 Å². The first-order chi connectivity index (χ1) is 6.46. The molecule has 0 bridgehead atoms. The Balaban J connectivity index is 2.55. The van der Waals surface area contributed by atoms with Crippen LogP contribution in [-0.2, 0) is 4.79 Å². The maximum atomic E-state index is 11.7. The van der Waals surface area contributed by atoms with E-state index < -0.39 is 0 Å². The molecule has 0 aromatic rings. The van der Waals surface area contributed by atoms with Gasteiger partial charge in [0, 0.05) is 17.8 Å². The van der Waals surface area contributed by atoms with Gasteiger partial charge in [-0.3, -0.25) is 4.79 Å². The zero-order chi connectivity index (χ0) is 10.8. The molecule has 1 rings (SSSR count). The van der Waals surface area contributed by atoms with Crippen molar-refractivity contribution in [3.63, 3.8) is 0 Å². The number of carbonyl (C=O) groups is 1. The van der Waals surface area contributed by atoms with Crippen molar-refractivity contribution in [2.75, 3.05) is 19.3 Å². The number of hydrogen-bond acceptors (Lipinski definition) is 3. The van der Waals surface area contributed by atoms with Gasteiger partial charge in [0.1, 0.15) is 0 Å². The van der Waals surface area contributed by atoms with Crippen molar-refractivity contribution in [1.29, 1.82) is 0 Å². The summed E-state index contributed by atoms with van der Waals surface area (Å²) in [7, 11) is 0. The lowest BCUT2D eigenvalue weighted by Crippen LogP contribution is -2.51. The van der Waals surface area contributed by atoms with Crippen LogP contribution in [0.3, 0.4) is 0 Å². The molecule has 1 heterocycles. The lowest BCUT2D eigenvalue weighted by Gasteiger charge is -2.36. The summed E-state index contributed by atoms with van der Waals surface area (Å²) >= 11 is 1.79. The minimum atomic E-state index is -0.263. The molecule has 0 radical (unpaired) electrons. The van der Waals surface area contributed by atoms with Gasteiger partial charge in [-0.1, -0.05) is 0 Å². The highest BCUT2D eigenvalue weighted by atomic mass is 32.2. The highest BCUT2D eigenvalue weighted by molar-refractivity contribution is 7.99. The highest BCUT2D eigenvalue weighted by Gasteiger charge is 2.29. The molecule has 3 nitrogen and oxygen atoms in total. The van der Waals surface area contributed by atoms with Gasteiger partial charge in [-0.25, -0.2) is 0 Å². The van der Waals surface area contributed by atoms with Crippen molar-refractivity contribution in [2.45, 2.75) is 37.5 Å². The molecule has 1 fully saturated rings. The summed E-state index contributed by atoms with van der Waals surface area (Å²) in [5.41, 5.74) is 5.73. The van der Waals surface area contributed by atoms with Crippen molar-refractivity contribution in [1.82, 2.24) is 4.90 Å². The number of likely N-dealkylation sites (tertiary alicyclic amines) is 1. The van der Waals surface area contributed by atoms with E-state index in [0.717, 1.165) is 25.9 Å². The normalized spacial score (nSPS) is 24.1. The number of piperidine rings is 1. The summed E-state index contributed by atoms with van der Waals surface area (Å²) in [6, 6.07) is -0.263. The van der Waals surface area contributed by atoms with E-state index in [9.17, 15) is 4.79 Å². The van der Waals surface area contributed by atoms with Crippen LogP contribution in [0.25, 0.3) is 0 Å². The van der Waals surface area contributed by atoms with Gasteiger partial charge in [-0.15, -0.1) is 0 Å². The molecule has 1 aliphatic heterocycles. The standard InChI is InChI=1S/C10H20N2OS/c1-10(2,14-3)7-12-6-4-5-8(11)9(12)13/h8H,4-7,11H2,1-3H3. The first-order valence-corrected chi connectivity index (χ1v) is 6.28. The number of hydrogen-bond donors (Lipinski definition) is 1. The molecule has 2 N–H and O–H groups in total. The Hall–Kier alpha value is -0.220. The van der Waals surface area contributed by atoms with Gasteiger partial charge < -0.3 is 10.6 Å². The second-order valence-electron chi connectivity index (χ2n) is 4.47. The Morgan fingerprint density at radius 3 is 2.86 bits per heavy atom. The van der Waals surface area contributed by atoms with Crippen molar-refractivity contribution >= 4 is 17.7 Å². The molecule has 0 spiro atoms. The van der Waals surface area contributed by atoms with E-state index in [-0.39, 0.29) is 16.7 Å². The van der Waals surface area contributed by atoms with E-state index in [4.69, 9.17) is 5.73 Å². The van der Waals surface area contributed by atoms with E-state index in [1.807, 2.05) is 4.90 Å². The Bertz CT molecular complexity index is 218. The highest BCUT2D eigenvalue weighted by Crippen LogP contribution is 2.24.